The van der Waals surface area contributed by atoms with Crippen LogP contribution >= 0.6 is 0 Å². The molecule has 0 bridgehead atoms. The molecule has 0 saturated carbocycles. The van der Waals surface area contributed by atoms with E-state index in [1.165, 1.54) is 7.11 Å². The van der Waals surface area contributed by atoms with Crippen LogP contribution in [0.15, 0.2) is 6.07 Å². The topological polar surface area (TPSA) is 54.0 Å². The molecule has 5 nitrogen and oxygen atoms in total. The quantitative estimate of drug-likeness (QED) is 0.789. The standard InChI is InChI=1S/C15H20O5/c1-17-12-8-10-7-9(15(16)20-4)5-6-11(10)13(18-2)14(12)19-3/h8-9H,5-7H2,1-4H3. The Morgan fingerprint density at radius 3 is 2.35 bits per heavy atom. The van der Waals surface area contributed by atoms with Crippen LogP contribution in [0.25, 0.3) is 0 Å². The van der Waals surface area contributed by atoms with Gasteiger partial charge in [-0.15, -0.1) is 0 Å². The first-order valence-electron chi connectivity index (χ1n) is 6.54. The van der Waals surface area contributed by atoms with Gasteiger partial charge in [0.2, 0.25) is 5.75 Å². The molecule has 1 aromatic carbocycles. The van der Waals surface area contributed by atoms with Crippen molar-refractivity contribution in [3.8, 4) is 17.2 Å². The summed E-state index contributed by atoms with van der Waals surface area (Å²) in [5, 5.41) is 0. The van der Waals surface area contributed by atoms with Crippen LogP contribution in [-0.4, -0.2) is 34.4 Å². The van der Waals surface area contributed by atoms with Gasteiger partial charge in [-0.2, -0.15) is 0 Å². The second-order valence-electron chi connectivity index (χ2n) is 4.75. The zero-order valence-electron chi connectivity index (χ0n) is 12.3. The number of hydrogen-bond donors (Lipinski definition) is 0. The summed E-state index contributed by atoms with van der Waals surface area (Å²) < 4.78 is 21.0. The molecule has 1 aliphatic carbocycles. The lowest BCUT2D eigenvalue weighted by atomic mass is 9.83. The maximum Gasteiger partial charge on any atom is 0.309 e. The van der Waals surface area contributed by atoms with Crippen LogP contribution < -0.4 is 14.2 Å². The van der Waals surface area contributed by atoms with Crippen molar-refractivity contribution >= 4 is 5.97 Å². The van der Waals surface area contributed by atoms with Crippen LogP contribution in [-0.2, 0) is 22.4 Å². The van der Waals surface area contributed by atoms with E-state index in [4.69, 9.17) is 18.9 Å². The highest BCUT2D eigenvalue weighted by atomic mass is 16.5. The molecule has 0 saturated heterocycles. The molecule has 1 aliphatic rings. The molecule has 2 rings (SSSR count). The zero-order valence-corrected chi connectivity index (χ0v) is 12.3. The minimum absolute atomic E-state index is 0.102. The fourth-order valence-corrected chi connectivity index (χ4v) is 2.78. The second-order valence-corrected chi connectivity index (χ2v) is 4.75. The molecule has 110 valence electrons. The summed E-state index contributed by atoms with van der Waals surface area (Å²) in [7, 11) is 6.22. The predicted molar refractivity (Wildman–Crippen MR) is 73.6 cm³/mol. The molecular formula is C15H20O5. The summed E-state index contributed by atoms with van der Waals surface area (Å²) in [5.41, 5.74) is 2.14. The minimum atomic E-state index is -0.163. The highest BCUT2D eigenvalue weighted by Gasteiger charge is 2.30. The number of methoxy groups -OCH3 is 4. The van der Waals surface area contributed by atoms with Gasteiger partial charge < -0.3 is 18.9 Å². The van der Waals surface area contributed by atoms with Gasteiger partial charge >= 0.3 is 5.97 Å². The number of carbonyl (C=O) groups is 1. The number of ether oxygens (including phenoxy) is 4. The van der Waals surface area contributed by atoms with Crippen LogP contribution in [0, 0.1) is 5.92 Å². The van der Waals surface area contributed by atoms with E-state index in [0.29, 0.717) is 23.7 Å². The molecule has 1 unspecified atom stereocenters. The fraction of sp³-hybridized carbons (Fsp3) is 0.533. The molecule has 0 N–H and O–H groups in total. The first kappa shape index (κ1) is 14.5. The van der Waals surface area contributed by atoms with E-state index in [1.807, 2.05) is 6.07 Å². The van der Waals surface area contributed by atoms with Gasteiger partial charge in [-0.1, -0.05) is 0 Å². The van der Waals surface area contributed by atoms with Gasteiger partial charge in [-0.25, -0.2) is 0 Å². The highest BCUT2D eigenvalue weighted by molar-refractivity contribution is 5.74. The van der Waals surface area contributed by atoms with Crippen molar-refractivity contribution < 1.29 is 23.7 Å². The normalized spacial score (nSPS) is 17.1. The molecule has 5 heteroatoms. The van der Waals surface area contributed by atoms with E-state index in [2.05, 4.69) is 0 Å². The third-order valence-corrected chi connectivity index (χ3v) is 3.77. The smallest absolute Gasteiger partial charge is 0.309 e. The van der Waals surface area contributed by atoms with Gasteiger partial charge in [0.15, 0.2) is 11.5 Å². The number of hydrogen-bond acceptors (Lipinski definition) is 5. The Kier molecular flexibility index (Phi) is 4.37. The number of fused-ring (bicyclic) bond motifs is 1. The molecule has 1 atom stereocenters. The summed E-state index contributed by atoms with van der Waals surface area (Å²) in [6, 6.07) is 1.92. The van der Waals surface area contributed by atoms with Crippen molar-refractivity contribution in [1.82, 2.24) is 0 Å². The summed E-state index contributed by atoms with van der Waals surface area (Å²) in [5.74, 6) is 1.66. The maximum absolute atomic E-state index is 11.7. The fourth-order valence-electron chi connectivity index (χ4n) is 2.78. The first-order chi connectivity index (χ1) is 9.65. The predicted octanol–water partition coefficient (Wildman–Crippen LogP) is 1.99. The molecule has 1 aromatic rings. The number of rotatable bonds is 4. The van der Waals surface area contributed by atoms with Crippen LogP contribution in [0.5, 0.6) is 17.2 Å². The van der Waals surface area contributed by atoms with Crippen molar-refractivity contribution in [2.45, 2.75) is 19.3 Å². The van der Waals surface area contributed by atoms with E-state index >= 15 is 0 Å². The maximum atomic E-state index is 11.7. The molecule has 0 amide bonds. The number of carbonyl (C=O) groups excluding carboxylic acids is 1. The number of esters is 1. The highest BCUT2D eigenvalue weighted by Crippen LogP contribution is 2.45. The van der Waals surface area contributed by atoms with E-state index in [0.717, 1.165) is 24.0 Å². The zero-order chi connectivity index (χ0) is 14.7. The van der Waals surface area contributed by atoms with E-state index in [1.54, 1.807) is 21.3 Å². The molecule has 0 aromatic heterocycles. The Balaban J connectivity index is 2.45. The monoisotopic (exact) mass is 280 g/mol. The second kappa shape index (κ2) is 6.03. The van der Waals surface area contributed by atoms with Crippen molar-refractivity contribution in [1.29, 1.82) is 0 Å². The third-order valence-electron chi connectivity index (χ3n) is 3.77. The van der Waals surface area contributed by atoms with Crippen molar-refractivity contribution in [2.75, 3.05) is 28.4 Å². The summed E-state index contributed by atoms with van der Waals surface area (Å²) in [4.78, 5) is 11.7. The lowest BCUT2D eigenvalue weighted by Crippen LogP contribution is -2.24. The third kappa shape index (κ3) is 2.40. The van der Waals surface area contributed by atoms with Gasteiger partial charge in [0.25, 0.3) is 0 Å². The molecule has 0 spiro atoms. The lowest BCUT2D eigenvalue weighted by molar-refractivity contribution is -0.145. The van der Waals surface area contributed by atoms with Crippen molar-refractivity contribution in [3.63, 3.8) is 0 Å². The number of benzene rings is 1. The Morgan fingerprint density at radius 1 is 1.10 bits per heavy atom. The van der Waals surface area contributed by atoms with E-state index in [9.17, 15) is 4.79 Å². The Hall–Kier alpha value is -1.91. The van der Waals surface area contributed by atoms with Gasteiger partial charge in [-0.05, 0) is 30.9 Å². The van der Waals surface area contributed by atoms with Crippen LogP contribution in [0.3, 0.4) is 0 Å². The Morgan fingerprint density at radius 2 is 1.80 bits per heavy atom. The summed E-state index contributed by atoms with van der Waals surface area (Å²) >= 11 is 0. The SMILES string of the molecule is COC(=O)C1CCc2c(cc(OC)c(OC)c2OC)C1. The van der Waals surface area contributed by atoms with Crippen LogP contribution in [0.2, 0.25) is 0 Å². The molecule has 0 aliphatic heterocycles. The van der Waals surface area contributed by atoms with Gasteiger partial charge in [-0.3, -0.25) is 4.79 Å². The molecule has 0 heterocycles. The largest absolute Gasteiger partial charge is 0.493 e. The van der Waals surface area contributed by atoms with Crippen LogP contribution in [0.1, 0.15) is 17.5 Å². The minimum Gasteiger partial charge on any atom is -0.493 e. The molecule has 0 radical (unpaired) electrons. The van der Waals surface area contributed by atoms with Gasteiger partial charge in [0.1, 0.15) is 0 Å². The Bertz CT molecular complexity index is 509. The van der Waals surface area contributed by atoms with Gasteiger partial charge in [0.05, 0.1) is 34.4 Å². The summed E-state index contributed by atoms with van der Waals surface area (Å²) in [6.45, 7) is 0. The summed E-state index contributed by atoms with van der Waals surface area (Å²) in [6.07, 6.45) is 2.16. The lowest BCUT2D eigenvalue weighted by Gasteiger charge is -2.26. The molecular weight excluding hydrogens is 260 g/mol. The van der Waals surface area contributed by atoms with Crippen LogP contribution in [0.4, 0.5) is 0 Å². The average molecular weight is 280 g/mol. The molecule has 0 fully saturated rings. The van der Waals surface area contributed by atoms with Crippen molar-refractivity contribution in [3.05, 3.63) is 17.2 Å². The van der Waals surface area contributed by atoms with E-state index < -0.39 is 0 Å². The van der Waals surface area contributed by atoms with Gasteiger partial charge in [0, 0.05) is 5.56 Å². The molecule has 20 heavy (non-hydrogen) atoms. The average Bonchev–Trinajstić information content (AvgIpc) is 2.51. The van der Waals surface area contributed by atoms with Crippen molar-refractivity contribution in [2.24, 2.45) is 5.92 Å². The first-order valence-corrected chi connectivity index (χ1v) is 6.54. The Labute approximate surface area is 118 Å². The van der Waals surface area contributed by atoms with E-state index in [-0.39, 0.29) is 11.9 Å².